The fraction of sp³-hybridized carbons (Fsp3) is 0.857. The Bertz CT molecular complexity index is 896. The van der Waals surface area contributed by atoms with Crippen molar-refractivity contribution in [3.8, 4) is 0 Å². The highest BCUT2D eigenvalue weighted by Gasteiger charge is 2.19. The number of hydrogen-bond acceptors (Lipinski definition) is 6. The number of carbonyl (C=O) groups excluding carboxylic acids is 3. The molecule has 0 fully saturated rings. The predicted octanol–water partition coefficient (Wildman–Crippen LogP) is 15.2. The van der Waals surface area contributed by atoms with Crippen LogP contribution in [-0.2, 0) is 28.6 Å². The summed E-state index contributed by atoms with van der Waals surface area (Å²) in [5.74, 6) is -0.889. The summed E-state index contributed by atoms with van der Waals surface area (Å²) in [7, 11) is 0. The summed E-state index contributed by atoms with van der Waals surface area (Å²) in [4.78, 5) is 37.7. The molecule has 0 N–H and O–H groups in total. The lowest BCUT2D eigenvalue weighted by molar-refractivity contribution is -0.167. The van der Waals surface area contributed by atoms with E-state index in [1.165, 1.54) is 135 Å². The lowest BCUT2D eigenvalue weighted by Gasteiger charge is -2.18. The van der Waals surface area contributed by atoms with Crippen LogP contribution in [0.25, 0.3) is 0 Å². The average molecular weight is 775 g/mol. The van der Waals surface area contributed by atoms with E-state index < -0.39 is 6.10 Å². The highest BCUT2D eigenvalue weighted by Crippen LogP contribution is 2.14. The van der Waals surface area contributed by atoms with E-state index in [1.807, 2.05) is 0 Å². The van der Waals surface area contributed by atoms with Crippen LogP contribution in [0.5, 0.6) is 0 Å². The summed E-state index contributed by atoms with van der Waals surface area (Å²) < 4.78 is 16.7. The molecule has 1 atom stereocenters. The summed E-state index contributed by atoms with van der Waals surface area (Å²) in [6, 6.07) is 0. The molecule has 0 aliphatic carbocycles. The van der Waals surface area contributed by atoms with E-state index in [4.69, 9.17) is 14.2 Å². The molecule has 0 aliphatic rings. The number of carbonyl (C=O) groups is 3. The van der Waals surface area contributed by atoms with Crippen LogP contribution in [-0.4, -0.2) is 37.2 Å². The van der Waals surface area contributed by atoms with Crippen molar-refractivity contribution in [3.63, 3.8) is 0 Å². The first-order valence-corrected chi connectivity index (χ1v) is 23.8. The number of rotatable bonds is 43. The molecule has 0 unspecified atom stereocenters. The quantitative estimate of drug-likeness (QED) is 0.0266. The second-order valence-electron chi connectivity index (χ2n) is 16.0. The van der Waals surface area contributed by atoms with Crippen LogP contribution in [0.1, 0.15) is 252 Å². The predicted molar refractivity (Wildman–Crippen MR) is 233 cm³/mol. The zero-order chi connectivity index (χ0) is 40.1. The lowest BCUT2D eigenvalue weighted by Crippen LogP contribution is -2.30. The Hall–Kier alpha value is -2.11. The first kappa shape index (κ1) is 52.9. The van der Waals surface area contributed by atoms with Gasteiger partial charge in [-0.25, -0.2) is 0 Å². The second kappa shape index (κ2) is 44.6. The van der Waals surface area contributed by atoms with Crippen LogP contribution in [0.4, 0.5) is 0 Å². The Balaban J connectivity index is 4.33. The minimum atomic E-state index is -0.772. The Morgan fingerprint density at radius 1 is 0.345 bits per heavy atom. The standard InChI is InChI=1S/C49H90O6/c1-4-7-10-13-16-19-22-23-24-25-26-28-30-33-36-39-42-48(51)54-45-46(44-53-47(50)41-38-35-32-29-21-18-15-12-9-6-3)55-49(52)43-40-37-34-31-27-20-17-14-11-8-5-2/h14,17,24-25,46H,4-13,15-16,18-23,26-45H2,1-3H3/b17-14-,25-24-/t46-/m1/s1. The van der Waals surface area contributed by atoms with E-state index in [0.717, 1.165) is 77.0 Å². The van der Waals surface area contributed by atoms with Crippen LogP contribution < -0.4 is 0 Å². The van der Waals surface area contributed by atoms with Crippen molar-refractivity contribution in [2.75, 3.05) is 13.2 Å². The largest absolute Gasteiger partial charge is 0.462 e. The van der Waals surface area contributed by atoms with Crippen molar-refractivity contribution in [3.05, 3.63) is 24.3 Å². The number of ether oxygens (including phenoxy) is 3. The molecule has 6 heteroatoms. The number of unbranched alkanes of at least 4 members (excludes halogenated alkanes) is 28. The van der Waals surface area contributed by atoms with Crippen LogP contribution >= 0.6 is 0 Å². The maximum absolute atomic E-state index is 12.7. The smallest absolute Gasteiger partial charge is 0.306 e. The Kier molecular flexibility index (Phi) is 42.9. The molecule has 0 rings (SSSR count). The van der Waals surface area contributed by atoms with Crippen molar-refractivity contribution >= 4 is 17.9 Å². The highest BCUT2D eigenvalue weighted by molar-refractivity contribution is 5.71. The van der Waals surface area contributed by atoms with Crippen molar-refractivity contribution in [2.24, 2.45) is 0 Å². The van der Waals surface area contributed by atoms with Gasteiger partial charge in [-0.1, -0.05) is 193 Å². The maximum atomic E-state index is 12.7. The van der Waals surface area contributed by atoms with Crippen LogP contribution in [0, 0.1) is 0 Å². The molecule has 0 bridgehead atoms. The van der Waals surface area contributed by atoms with Gasteiger partial charge < -0.3 is 14.2 Å². The summed E-state index contributed by atoms with van der Waals surface area (Å²) in [6.07, 6.45) is 48.7. The van der Waals surface area contributed by atoms with Crippen molar-refractivity contribution < 1.29 is 28.6 Å². The van der Waals surface area contributed by atoms with E-state index in [1.54, 1.807) is 0 Å². The molecule has 0 saturated heterocycles. The molecule has 55 heavy (non-hydrogen) atoms. The zero-order valence-corrected chi connectivity index (χ0v) is 36.7. The van der Waals surface area contributed by atoms with Crippen molar-refractivity contribution in [1.82, 2.24) is 0 Å². The summed E-state index contributed by atoms with van der Waals surface area (Å²) in [6.45, 7) is 6.58. The summed E-state index contributed by atoms with van der Waals surface area (Å²) >= 11 is 0. The number of hydrogen-bond donors (Lipinski definition) is 0. The molecule has 0 amide bonds. The molecule has 0 aromatic carbocycles. The molecule has 0 aromatic rings. The van der Waals surface area contributed by atoms with Gasteiger partial charge in [-0.2, -0.15) is 0 Å². The van der Waals surface area contributed by atoms with Gasteiger partial charge in [0, 0.05) is 19.3 Å². The van der Waals surface area contributed by atoms with Crippen LogP contribution in [0.15, 0.2) is 24.3 Å². The van der Waals surface area contributed by atoms with Crippen LogP contribution in [0.3, 0.4) is 0 Å². The minimum Gasteiger partial charge on any atom is -0.462 e. The van der Waals surface area contributed by atoms with Crippen LogP contribution in [0.2, 0.25) is 0 Å². The molecule has 6 nitrogen and oxygen atoms in total. The third kappa shape index (κ3) is 42.9. The first-order chi connectivity index (χ1) is 27.0. The molecule has 0 radical (unpaired) electrons. The van der Waals surface area contributed by atoms with Gasteiger partial charge in [0.15, 0.2) is 6.10 Å². The fourth-order valence-corrected chi connectivity index (χ4v) is 6.77. The highest BCUT2D eigenvalue weighted by atomic mass is 16.6. The third-order valence-corrected chi connectivity index (χ3v) is 10.4. The molecule has 0 spiro atoms. The molecular weight excluding hydrogens is 685 g/mol. The van der Waals surface area contributed by atoms with Gasteiger partial charge in [0.2, 0.25) is 0 Å². The fourth-order valence-electron chi connectivity index (χ4n) is 6.77. The first-order valence-electron chi connectivity index (χ1n) is 23.8. The third-order valence-electron chi connectivity index (χ3n) is 10.4. The summed E-state index contributed by atoms with van der Waals surface area (Å²) in [5, 5.41) is 0. The van der Waals surface area contributed by atoms with Crippen molar-refractivity contribution in [2.45, 2.75) is 258 Å². The minimum absolute atomic E-state index is 0.0745. The van der Waals surface area contributed by atoms with E-state index in [2.05, 4.69) is 45.1 Å². The maximum Gasteiger partial charge on any atom is 0.306 e. The normalized spacial score (nSPS) is 12.1. The Morgan fingerprint density at radius 2 is 0.618 bits per heavy atom. The van der Waals surface area contributed by atoms with Gasteiger partial charge in [0.1, 0.15) is 13.2 Å². The average Bonchev–Trinajstić information content (AvgIpc) is 3.18. The molecule has 0 aromatic heterocycles. The van der Waals surface area contributed by atoms with Crippen molar-refractivity contribution in [1.29, 1.82) is 0 Å². The Labute approximate surface area is 341 Å². The van der Waals surface area contributed by atoms with Gasteiger partial charge in [0.25, 0.3) is 0 Å². The zero-order valence-electron chi connectivity index (χ0n) is 36.7. The second-order valence-corrected chi connectivity index (χ2v) is 16.0. The molecule has 322 valence electrons. The van der Waals surface area contributed by atoms with E-state index >= 15 is 0 Å². The van der Waals surface area contributed by atoms with Gasteiger partial charge in [-0.15, -0.1) is 0 Å². The van der Waals surface area contributed by atoms with Gasteiger partial charge in [-0.05, 0) is 64.2 Å². The number of allylic oxidation sites excluding steroid dienone is 4. The monoisotopic (exact) mass is 775 g/mol. The SMILES string of the molecule is CCCC/C=C\CCCCCCCC(=O)O[C@@H](COC(=O)CCCCCCC/C=C\CCCCCCCCC)COC(=O)CCCCCCCCCCCC. The molecular formula is C49H90O6. The topological polar surface area (TPSA) is 78.9 Å². The van der Waals surface area contributed by atoms with Gasteiger partial charge >= 0.3 is 17.9 Å². The lowest BCUT2D eigenvalue weighted by atomic mass is 10.1. The van der Waals surface area contributed by atoms with E-state index in [9.17, 15) is 14.4 Å². The molecule has 0 aliphatic heterocycles. The van der Waals surface area contributed by atoms with Gasteiger partial charge in [-0.3, -0.25) is 14.4 Å². The molecule has 0 heterocycles. The molecule has 0 saturated carbocycles. The Morgan fingerprint density at radius 3 is 0.964 bits per heavy atom. The van der Waals surface area contributed by atoms with E-state index in [-0.39, 0.29) is 31.1 Å². The summed E-state index contributed by atoms with van der Waals surface area (Å²) in [5.41, 5.74) is 0. The number of esters is 3. The van der Waals surface area contributed by atoms with Gasteiger partial charge in [0.05, 0.1) is 0 Å². The van der Waals surface area contributed by atoms with E-state index in [0.29, 0.717) is 19.3 Å².